The van der Waals surface area contributed by atoms with E-state index in [-0.39, 0.29) is 17.8 Å². The van der Waals surface area contributed by atoms with E-state index < -0.39 is 0 Å². The molecule has 0 atom stereocenters. The average molecular weight is 380 g/mol. The highest BCUT2D eigenvalue weighted by atomic mass is 16.5. The maximum absolute atomic E-state index is 12.0. The van der Waals surface area contributed by atoms with E-state index >= 15 is 0 Å². The lowest BCUT2D eigenvalue weighted by Gasteiger charge is -2.19. The van der Waals surface area contributed by atoms with Crippen molar-refractivity contribution in [3.63, 3.8) is 0 Å². The Balaban J connectivity index is 1.40. The van der Waals surface area contributed by atoms with Gasteiger partial charge in [0, 0.05) is 12.0 Å². The third-order valence-corrected chi connectivity index (χ3v) is 4.21. The lowest BCUT2D eigenvalue weighted by molar-refractivity contribution is -0.134. The molecule has 2 aromatic carbocycles. The molecule has 0 spiro atoms. The molecule has 0 aliphatic rings. The Morgan fingerprint density at radius 3 is 2.29 bits per heavy atom. The van der Waals surface area contributed by atoms with Crippen LogP contribution in [0, 0.1) is 0 Å². The molecular weight excluding hydrogens is 356 g/mol. The molecule has 146 valence electrons. The second-order valence-corrected chi connectivity index (χ2v) is 7.47. The molecule has 0 amide bonds. The van der Waals surface area contributed by atoms with Crippen molar-refractivity contribution in [1.29, 1.82) is 0 Å². The molecule has 0 aliphatic carbocycles. The first-order valence-electron chi connectivity index (χ1n) is 9.22. The van der Waals surface area contributed by atoms with E-state index in [9.17, 15) is 4.79 Å². The second kappa shape index (κ2) is 8.69. The van der Waals surface area contributed by atoms with E-state index in [0.29, 0.717) is 24.7 Å². The first-order chi connectivity index (χ1) is 13.4. The fourth-order valence-corrected chi connectivity index (χ4v) is 2.60. The number of aromatic nitrogens is 2. The summed E-state index contributed by atoms with van der Waals surface area (Å²) in [6, 6.07) is 15.0. The Morgan fingerprint density at radius 2 is 1.68 bits per heavy atom. The summed E-state index contributed by atoms with van der Waals surface area (Å²) in [6.07, 6.45) is 2.13. The summed E-state index contributed by atoms with van der Waals surface area (Å²) in [6.45, 7) is 6.98. The first kappa shape index (κ1) is 19.6. The normalized spacial score (nSPS) is 11.2. The zero-order chi connectivity index (χ0) is 20.0. The van der Waals surface area contributed by atoms with Crippen molar-refractivity contribution in [2.75, 3.05) is 6.61 Å². The van der Waals surface area contributed by atoms with Crippen molar-refractivity contribution in [3.05, 3.63) is 60.5 Å². The van der Waals surface area contributed by atoms with Crippen LogP contribution in [0.5, 0.6) is 11.5 Å². The van der Waals surface area contributed by atoms with Crippen molar-refractivity contribution >= 4 is 5.97 Å². The number of benzene rings is 2. The topological polar surface area (TPSA) is 74.5 Å². The van der Waals surface area contributed by atoms with Crippen LogP contribution in [0.15, 0.2) is 59.3 Å². The van der Waals surface area contributed by atoms with Crippen LogP contribution in [0.1, 0.15) is 39.2 Å². The summed E-state index contributed by atoms with van der Waals surface area (Å²) in [5.74, 6) is 1.41. The monoisotopic (exact) mass is 380 g/mol. The predicted molar refractivity (Wildman–Crippen MR) is 105 cm³/mol. The summed E-state index contributed by atoms with van der Waals surface area (Å²) in [5.41, 5.74) is 2.14. The van der Waals surface area contributed by atoms with Gasteiger partial charge in [0.25, 0.3) is 0 Å². The Morgan fingerprint density at radius 1 is 1.00 bits per heavy atom. The lowest BCUT2D eigenvalue weighted by atomic mass is 9.87. The minimum Gasteiger partial charge on any atom is -0.494 e. The Labute approximate surface area is 164 Å². The zero-order valence-electron chi connectivity index (χ0n) is 16.3. The third kappa shape index (κ3) is 5.42. The van der Waals surface area contributed by atoms with Crippen molar-refractivity contribution in [1.82, 2.24) is 10.2 Å². The second-order valence-electron chi connectivity index (χ2n) is 7.47. The maximum Gasteiger partial charge on any atom is 0.311 e. The highest BCUT2D eigenvalue weighted by Gasteiger charge is 2.13. The van der Waals surface area contributed by atoms with Gasteiger partial charge in [0.15, 0.2) is 0 Å². The number of hydrogen-bond acceptors (Lipinski definition) is 6. The third-order valence-electron chi connectivity index (χ3n) is 4.21. The van der Waals surface area contributed by atoms with Gasteiger partial charge in [-0.25, -0.2) is 0 Å². The average Bonchev–Trinajstić information content (AvgIpc) is 3.20. The van der Waals surface area contributed by atoms with Crippen molar-refractivity contribution in [2.24, 2.45) is 0 Å². The maximum atomic E-state index is 12.0. The summed E-state index contributed by atoms with van der Waals surface area (Å²) in [5, 5.41) is 7.46. The number of rotatable bonds is 7. The standard InChI is InChI=1S/C22H24N2O4/c1-22(2,3)17-8-12-18(13-9-17)26-14-4-5-20(25)28-19-10-6-16(7-11-19)21-24-23-15-27-21/h6-13,15H,4-5,14H2,1-3H3. The van der Waals surface area contributed by atoms with Gasteiger partial charge in [-0.2, -0.15) is 0 Å². The molecule has 0 unspecified atom stereocenters. The van der Waals surface area contributed by atoms with Gasteiger partial charge < -0.3 is 13.9 Å². The molecular formula is C22H24N2O4. The SMILES string of the molecule is CC(C)(C)c1ccc(OCCCC(=O)Oc2ccc(-c3nnco3)cc2)cc1. The van der Waals surface area contributed by atoms with Crippen molar-refractivity contribution < 1.29 is 18.7 Å². The van der Waals surface area contributed by atoms with Gasteiger partial charge in [0.2, 0.25) is 12.3 Å². The van der Waals surface area contributed by atoms with Crippen LogP contribution >= 0.6 is 0 Å². The molecule has 0 saturated heterocycles. The van der Waals surface area contributed by atoms with Crippen LogP contribution < -0.4 is 9.47 Å². The molecule has 6 heteroatoms. The van der Waals surface area contributed by atoms with E-state index in [2.05, 4.69) is 43.1 Å². The van der Waals surface area contributed by atoms with Gasteiger partial charge in [-0.15, -0.1) is 10.2 Å². The summed E-state index contributed by atoms with van der Waals surface area (Å²) >= 11 is 0. The van der Waals surface area contributed by atoms with Gasteiger partial charge in [-0.3, -0.25) is 4.79 Å². The fourth-order valence-electron chi connectivity index (χ4n) is 2.60. The molecule has 28 heavy (non-hydrogen) atoms. The van der Waals surface area contributed by atoms with Crippen LogP contribution in [0.25, 0.3) is 11.5 Å². The van der Waals surface area contributed by atoms with Gasteiger partial charge >= 0.3 is 5.97 Å². The van der Waals surface area contributed by atoms with E-state index in [1.54, 1.807) is 24.3 Å². The molecule has 3 rings (SSSR count). The largest absolute Gasteiger partial charge is 0.494 e. The Kier molecular flexibility index (Phi) is 6.09. The lowest BCUT2D eigenvalue weighted by Crippen LogP contribution is -2.11. The van der Waals surface area contributed by atoms with E-state index in [1.165, 1.54) is 12.0 Å². The quantitative estimate of drug-likeness (QED) is 0.333. The van der Waals surface area contributed by atoms with Gasteiger partial charge in [-0.1, -0.05) is 32.9 Å². The molecule has 0 N–H and O–H groups in total. The molecule has 0 bridgehead atoms. The molecule has 0 aliphatic heterocycles. The number of carbonyl (C=O) groups is 1. The summed E-state index contributed by atoms with van der Waals surface area (Å²) < 4.78 is 16.2. The minimum atomic E-state index is -0.294. The van der Waals surface area contributed by atoms with E-state index in [0.717, 1.165) is 11.3 Å². The van der Waals surface area contributed by atoms with Crippen molar-refractivity contribution in [3.8, 4) is 23.0 Å². The molecule has 1 aromatic heterocycles. The highest BCUT2D eigenvalue weighted by molar-refractivity contribution is 5.72. The van der Waals surface area contributed by atoms with Crippen LogP contribution in [-0.2, 0) is 10.2 Å². The van der Waals surface area contributed by atoms with E-state index in [1.807, 2.05) is 12.1 Å². The first-order valence-corrected chi connectivity index (χ1v) is 9.22. The summed E-state index contributed by atoms with van der Waals surface area (Å²) in [4.78, 5) is 12.0. The molecule has 0 saturated carbocycles. The predicted octanol–water partition coefficient (Wildman–Crippen LogP) is 4.80. The Hall–Kier alpha value is -3.15. The Bertz CT molecular complexity index is 880. The number of esters is 1. The summed E-state index contributed by atoms with van der Waals surface area (Å²) in [7, 11) is 0. The molecule has 0 radical (unpaired) electrons. The van der Waals surface area contributed by atoms with Gasteiger partial charge in [0.1, 0.15) is 11.5 Å². The smallest absolute Gasteiger partial charge is 0.311 e. The number of hydrogen-bond donors (Lipinski definition) is 0. The number of nitrogens with zero attached hydrogens (tertiary/aromatic N) is 2. The van der Waals surface area contributed by atoms with Crippen LogP contribution in [0.2, 0.25) is 0 Å². The van der Waals surface area contributed by atoms with Crippen molar-refractivity contribution in [2.45, 2.75) is 39.0 Å². The van der Waals surface area contributed by atoms with Gasteiger partial charge in [0.05, 0.1) is 6.61 Å². The minimum absolute atomic E-state index is 0.117. The van der Waals surface area contributed by atoms with Crippen LogP contribution in [-0.4, -0.2) is 22.8 Å². The highest BCUT2D eigenvalue weighted by Crippen LogP contribution is 2.24. The van der Waals surface area contributed by atoms with Gasteiger partial charge in [-0.05, 0) is 53.8 Å². The zero-order valence-corrected chi connectivity index (χ0v) is 16.3. The van der Waals surface area contributed by atoms with Crippen LogP contribution in [0.3, 0.4) is 0 Å². The molecule has 6 nitrogen and oxygen atoms in total. The van der Waals surface area contributed by atoms with E-state index in [4.69, 9.17) is 13.9 Å². The molecule has 0 fully saturated rings. The fraction of sp³-hybridized carbons (Fsp3) is 0.318. The molecule has 1 heterocycles. The van der Waals surface area contributed by atoms with Crippen LogP contribution in [0.4, 0.5) is 0 Å². The number of carbonyl (C=O) groups excluding carboxylic acids is 1. The number of ether oxygens (including phenoxy) is 2. The molecule has 3 aromatic rings.